The van der Waals surface area contributed by atoms with Gasteiger partial charge in [-0.2, -0.15) is 0 Å². The minimum Gasteiger partial charge on any atom is -0.448 e. The summed E-state index contributed by atoms with van der Waals surface area (Å²) in [5.74, 6) is -0.813. The van der Waals surface area contributed by atoms with Crippen LogP contribution in [0.25, 0.3) is 5.65 Å². The Kier molecular flexibility index (Phi) is 5.36. The van der Waals surface area contributed by atoms with E-state index in [4.69, 9.17) is 4.74 Å². The van der Waals surface area contributed by atoms with E-state index in [9.17, 15) is 9.59 Å². The van der Waals surface area contributed by atoms with Crippen LogP contribution in [0.15, 0.2) is 24.4 Å². The summed E-state index contributed by atoms with van der Waals surface area (Å²) in [6.45, 7) is 3.54. The number of carbonyl (C=O) groups excluding carboxylic acids is 2. The van der Waals surface area contributed by atoms with E-state index >= 15 is 0 Å². The van der Waals surface area contributed by atoms with Gasteiger partial charge in [-0.15, -0.1) is 0 Å². The topological polar surface area (TPSA) is 72.7 Å². The summed E-state index contributed by atoms with van der Waals surface area (Å²) in [6.07, 6.45) is 7.54. The van der Waals surface area contributed by atoms with E-state index in [2.05, 4.69) is 10.3 Å². The van der Waals surface area contributed by atoms with Gasteiger partial charge in [0.2, 0.25) is 0 Å². The van der Waals surface area contributed by atoms with Gasteiger partial charge in [0.1, 0.15) is 5.65 Å². The third-order valence-electron chi connectivity index (χ3n) is 4.76. The first kappa shape index (κ1) is 17.5. The Bertz CT molecular complexity index is 760. The van der Waals surface area contributed by atoms with E-state index in [1.54, 1.807) is 13.1 Å². The maximum absolute atomic E-state index is 12.3. The molecule has 3 rings (SSSR count). The zero-order valence-electron chi connectivity index (χ0n) is 14.8. The Morgan fingerprint density at radius 1 is 1.24 bits per heavy atom. The van der Waals surface area contributed by atoms with Crippen LogP contribution in [0, 0.1) is 6.92 Å². The maximum atomic E-state index is 12.3. The van der Waals surface area contributed by atoms with Crippen molar-refractivity contribution in [3.8, 4) is 0 Å². The summed E-state index contributed by atoms with van der Waals surface area (Å²) in [7, 11) is 0. The zero-order valence-corrected chi connectivity index (χ0v) is 14.8. The van der Waals surface area contributed by atoms with E-state index in [-0.39, 0.29) is 17.6 Å². The zero-order chi connectivity index (χ0) is 17.8. The molecule has 0 spiro atoms. The molecule has 1 atom stereocenters. The smallest absolute Gasteiger partial charge is 0.359 e. The molecule has 0 aliphatic heterocycles. The number of ether oxygens (including phenoxy) is 1. The quantitative estimate of drug-likeness (QED) is 0.684. The predicted molar refractivity (Wildman–Crippen MR) is 94.4 cm³/mol. The molecule has 1 aliphatic carbocycles. The van der Waals surface area contributed by atoms with E-state index < -0.39 is 12.1 Å². The number of hydrogen-bond donors (Lipinski definition) is 1. The monoisotopic (exact) mass is 343 g/mol. The Morgan fingerprint density at radius 2 is 1.96 bits per heavy atom. The summed E-state index contributed by atoms with van der Waals surface area (Å²) in [4.78, 5) is 28.9. The largest absolute Gasteiger partial charge is 0.448 e. The van der Waals surface area contributed by atoms with Gasteiger partial charge in [-0.05, 0) is 38.8 Å². The lowest BCUT2D eigenvalue weighted by atomic mass is 10.1. The molecule has 134 valence electrons. The molecule has 0 saturated heterocycles. The van der Waals surface area contributed by atoms with Crippen LogP contribution >= 0.6 is 0 Å². The van der Waals surface area contributed by atoms with Crippen molar-refractivity contribution in [1.29, 1.82) is 0 Å². The van der Waals surface area contributed by atoms with E-state index in [1.165, 1.54) is 12.8 Å². The Hall–Kier alpha value is -2.37. The summed E-state index contributed by atoms with van der Waals surface area (Å²) in [6, 6.07) is 5.84. The van der Waals surface area contributed by atoms with Crippen LogP contribution in [0.1, 0.15) is 61.6 Å². The SMILES string of the molecule is Cc1cccc2nc(C(=O)O[C@@H](C)C(=O)NC3CCCCCC3)cn12. The fourth-order valence-electron chi connectivity index (χ4n) is 3.26. The summed E-state index contributed by atoms with van der Waals surface area (Å²) < 4.78 is 7.14. The number of aromatic nitrogens is 2. The van der Waals surface area contributed by atoms with E-state index in [1.807, 2.05) is 29.5 Å². The van der Waals surface area contributed by atoms with Crippen molar-refractivity contribution in [3.05, 3.63) is 35.8 Å². The highest BCUT2D eigenvalue weighted by Crippen LogP contribution is 2.17. The average molecular weight is 343 g/mol. The lowest BCUT2D eigenvalue weighted by molar-refractivity contribution is -0.129. The highest BCUT2D eigenvalue weighted by molar-refractivity contribution is 5.91. The van der Waals surface area contributed by atoms with Crippen LogP contribution in [0.3, 0.4) is 0 Å². The second-order valence-electron chi connectivity index (χ2n) is 6.77. The minimum atomic E-state index is -0.832. The molecule has 0 unspecified atom stereocenters. The Morgan fingerprint density at radius 3 is 2.64 bits per heavy atom. The predicted octanol–water partition coefficient (Wildman–Crippen LogP) is 3.03. The van der Waals surface area contributed by atoms with Gasteiger partial charge >= 0.3 is 5.97 Å². The van der Waals surface area contributed by atoms with Gasteiger partial charge in [0, 0.05) is 17.9 Å². The number of nitrogens with one attached hydrogen (secondary N) is 1. The summed E-state index contributed by atoms with van der Waals surface area (Å²) in [5, 5.41) is 3.01. The first-order valence-corrected chi connectivity index (χ1v) is 9.00. The lowest BCUT2D eigenvalue weighted by Crippen LogP contribution is -2.41. The molecule has 0 aromatic carbocycles. The first-order valence-electron chi connectivity index (χ1n) is 9.00. The molecule has 1 N–H and O–H groups in total. The van der Waals surface area contributed by atoms with E-state index in [0.717, 1.165) is 31.4 Å². The standard InChI is InChI=1S/C19H25N3O3/c1-13-8-7-11-17-21-16(12-22(13)17)19(24)25-14(2)18(23)20-15-9-5-3-4-6-10-15/h7-8,11-12,14-15H,3-6,9-10H2,1-2H3,(H,20,23)/t14-/m0/s1. The molecular weight excluding hydrogens is 318 g/mol. The third-order valence-corrected chi connectivity index (χ3v) is 4.76. The molecule has 1 amide bonds. The third kappa shape index (κ3) is 4.18. The number of carbonyl (C=O) groups is 2. The average Bonchev–Trinajstić information content (AvgIpc) is 2.87. The van der Waals surface area contributed by atoms with Crippen molar-refractivity contribution in [2.45, 2.75) is 64.5 Å². The molecule has 6 heteroatoms. The fraction of sp³-hybridized carbons (Fsp3) is 0.526. The molecule has 0 bridgehead atoms. The van der Waals surface area contributed by atoms with Crippen LogP contribution in [0.5, 0.6) is 0 Å². The molecule has 1 saturated carbocycles. The van der Waals surface area contributed by atoms with E-state index in [0.29, 0.717) is 5.65 Å². The van der Waals surface area contributed by atoms with Crippen LogP contribution in [0.2, 0.25) is 0 Å². The number of pyridine rings is 1. The summed E-state index contributed by atoms with van der Waals surface area (Å²) in [5.41, 5.74) is 1.87. The first-order chi connectivity index (χ1) is 12.0. The van der Waals surface area contributed by atoms with Gasteiger partial charge in [-0.3, -0.25) is 4.79 Å². The van der Waals surface area contributed by atoms with Gasteiger partial charge in [-0.25, -0.2) is 9.78 Å². The molecule has 2 aromatic rings. The molecular formula is C19H25N3O3. The number of aryl methyl sites for hydroxylation is 1. The van der Waals surface area contributed by atoms with Gasteiger partial charge < -0.3 is 14.5 Å². The highest BCUT2D eigenvalue weighted by Gasteiger charge is 2.23. The number of amides is 1. The maximum Gasteiger partial charge on any atom is 0.359 e. The lowest BCUT2D eigenvalue weighted by Gasteiger charge is -2.19. The minimum absolute atomic E-state index is 0.189. The second-order valence-corrected chi connectivity index (χ2v) is 6.77. The molecule has 25 heavy (non-hydrogen) atoms. The van der Waals surface area contributed by atoms with Gasteiger partial charge in [0.25, 0.3) is 5.91 Å². The Labute approximate surface area is 147 Å². The van der Waals surface area contributed by atoms with Crippen molar-refractivity contribution >= 4 is 17.5 Å². The molecule has 1 aliphatic rings. The second kappa shape index (κ2) is 7.68. The highest BCUT2D eigenvalue weighted by atomic mass is 16.5. The van der Waals surface area contributed by atoms with Crippen LogP contribution in [-0.2, 0) is 9.53 Å². The number of esters is 1. The van der Waals surface area contributed by atoms with Crippen molar-refractivity contribution in [3.63, 3.8) is 0 Å². The van der Waals surface area contributed by atoms with Gasteiger partial charge in [0.15, 0.2) is 11.8 Å². The van der Waals surface area contributed by atoms with Crippen LogP contribution in [-0.4, -0.2) is 33.4 Å². The van der Waals surface area contributed by atoms with Crippen LogP contribution < -0.4 is 5.32 Å². The van der Waals surface area contributed by atoms with Crippen molar-refractivity contribution in [2.24, 2.45) is 0 Å². The molecule has 2 heterocycles. The summed E-state index contributed by atoms with van der Waals surface area (Å²) >= 11 is 0. The number of fused-ring (bicyclic) bond motifs is 1. The normalized spacial score (nSPS) is 17.0. The number of rotatable bonds is 4. The van der Waals surface area contributed by atoms with Crippen molar-refractivity contribution in [1.82, 2.24) is 14.7 Å². The van der Waals surface area contributed by atoms with Crippen molar-refractivity contribution < 1.29 is 14.3 Å². The van der Waals surface area contributed by atoms with Gasteiger partial charge in [-0.1, -0.05) is 31.7 Å². The number of nitrogens with zero attached hydrogens (tertiary/aromatic N) is 2. The molecule has 6 nitrogen and oxygen atoms in total. The number of imidazole rings is 1. The fourth-order valence-corrected chi connectivity index (χ4v) is 3.26. The molecule has 1 fully saturated rings. The van der Waals surface area contributed by atoms with Crippen molar-refractivity contribution in [2.75, 3.05) is 0 Å². The number of hydrogen-bond acceptors (Lipinski definition) is 4. The molecule has 2 aromatic heterocycles. The van der Waals surface area contributed by atoms with Crippen LogP contribution in [0.4, 0.5) is 0 Å². The molecule has 0 radical (unpaired) electrons. The van der Waals surface area contributed by atoms with Gasteiger partial charge in [0.05, 0.1) is 0 Å². The Balaban J connectivity index is 1.60.